The average Bonchev–Trinajstić information content (AvgIpc) is 2.68. The fourth-order valence-electron chi connectivity index (χ4n) is 2.65. The van der Waals surface area contributed by atoms with Crippen molar-refractivity contribution in [1.82, 2.24) is 0 Å². The number of hydrogen-bond donors (Lipinski definition) is 2. The molecular formula is C23H20N2O2. The summed E-state index contributed by atoms with van der Waals surface area (Å²) < 4.78 is 0. The zero-order valence-electron chi connectivity index (χ0n) is 15.0. The minimum absolute atomic E-state index is 0.135. The molecule has 2 amide bonds. The van der Waals surface area contributed by atoms with E-state index in [1.54, 1.807) is 24.3 Å². The largest absolute Gasteiger partial charge is 0.326 e. The molecule has 0 saturated carbocycles. The fourth-order valence-corrected chi connectivity index (χ4v) is 2.65. The Kier molecular flexibility index (Phi) is 5.80. The molecule has 0 aromatic heterocycles. The molecule has 2 N–H and O–H groups in total. The van der Waals surface area contributed by atoms with Crippen LogP contribution >= 0.6 is 0 Å². The number of hydrogen-bond acceptors (Lipinski definition) is 2. The number of carbonyl (C=O) groups excluding carboxylic acids is 2. The van der Waals surface area contributed by atoms with E-state index in [9.17, 15) is 9.59 Å². The van der Waals surface area contributed by atoms with Crippen molar-refractivity contribution in [2.45, 2.75) is 6.92 Å². The lowest BCUT2D eigenvalue weighted by atomic mass is 10.0. The number of anilines is 2. The molecule has 0 atom stereocenters. The van der Waals surface area contributed by atoms with E-state index >= 15 is 0 Å². The van der Waals surface area contributed by atoms with Gasteiger partial charge in [-0.1, -0.05) is 60.7 Å². The quantitative estimate of drug-likeness (QED) is 0.508. The van der Waals surface area contributed by atoms with E-state index in [2.05, 4.69) is 10.6 Å². The normalized spacial score (nSPS) is 10.9. The first-order valence-corrected chi connectivity index (χ1v) is 8.63. The van der Waals surface area contributed by atoms with Crippen molar-refractivity contribution in [3.63, 3.8) is 0 Å². The predicted octanol–water partition coefficient (Wildman–Crippen LogP) is 4.82. The van der Waals surface area contributed by atoms with Crippen LogP contribution in [0.2, 0.25) is 0 Å². The van der Waals surface area contributed by atoms with E-state index < -0.39 is 0 Å². The predicted molar refractivity (Wildman–Crippen MR) is 110 cm³/mol. The smallest absolute Gasteiger partial charge is 0.256 e. The molecule has 0 aliphatic rings. The summed E-state index contributed by atoms with van der Waals surface area (Å²) in [6.07, 6.45) is 1.87. The minimum atomic E-state index is -0.197. The topological polar surface area (TPSA) is 58.2 Å². The SMILES string of the molecule is CC(=O)Nc1ccc(NC(=O)/C(=C\c2ccccc2)c2ccccc2)cc1. The Hall–Kier alpha value is -3.66. The fraction of sp³-hybridized carbons (Fsp3) is 0.0435. The van der Waals surface area contributed by atoms with Gasteiger partial charge in [0.15, 0.2) is 0 Å². The number of carbonyl (C=O) groups is 2. The number of rotatable bonds is 5. The molecular weight excluding hydrogens is 336 g/mol. The summed E-state index contributed by atoms with van der Waals surface area (Å²) in [5, 5.41) is 5.62. The highest BCUT2D eigenvalue weighted by Crippen LogP contribution is 2.21. The molecule has 0 aliphatic carbocycles. The van der Waals surface area contributed by atoms with E-state index in [0.717, 1.165) is 11.1 Å². The van der Waals surface area contributed by atoms with Crippen molar-refractivity contribution >= 4 is 34.8 Å². The van der Waals surface area contributed by atoms with Crippen molar-refractivity contribution in [1.29, 1.82) is 0 Å². The van der Waals surface area contributed by atoms with Crippen LogP contribution in [0.1, 0.15) is 18.1 Å². The lowest BCUT2D eigenvalue weighted by Crippen LogP contribution is -2.14. The summed E-state index contributed by atoms with van der Waals surface area (Å²) in [4.78, 5) is 24.0. The summed E-state index contributed by atoms with van der Waals surface area (Å²) in [6, 6.07) is 26.3. The molecule has 3 aromatic carbocycles. The van der Waals surface area contributed by atoms with Crippen LogP contribution in [0, 0.1) is 0 Å². The van der Waals surface area contributed by atoms with Gasteiger partial charge in [0.05, 0.1) is 0 Å². The second-order valence-corrected chi connectivity index (χ2v) is 6.05. The first-order chi connectivity index (χ1) is 13.1. The maximum atomic E-state index is 12.9. The summed E-state index contributed by atoms with van der Waals surface area (Å²) in [5.41, 5.74) is 3.71. The van der Waals surface area contributed by atoms with Crippen LogP contribution in [0.3, 0.4) is 0 Å². The lowest BCUT2D eigenvalue weighted by molar-refractivity contribution is -0.114. The first-order valence-electron chi connectivity index (χ1n) is 8.63. The van der Waals surface area contributed by atoms with Gasteiger partial charge in [0.25, 0.3) is 5.91 Å². The number of nitrogens with one attached hydrogen (secondary N) is 2. The van der Waals surface area contributed by atoms with Crippen molar-refractivity contribution in [2.24, 2.45) is 0 Å². The maximum Gasteiger partial charge on any atom is 0.256 e. The third kappa shape index (κ3) is 5.16. The van der Waals surface area contributed by atoms with Crippen LogP contribution in [0.4, 0.5) is 11.4 Å². The zero-order valence-corrected chi connectivity index (χ0v) is 15.0. The van der Waals surface area contributed by atoms with Gasteiger partial charge in [-0.3, -0.25) is 9.59 Å². The van der Waals surface area contributed by atoms with E-state index in [-0.39, 0.29) is 11.8 Å². The molecule has 0 aliphatic heterocycles. The van der Waals surface area contributed by atoms with Crippen LogP contribution in [0.25, 0.3) is 11.6 Å². The second kappa shape index (κ2) is 8.63. The first kappa shape index (κ1) is 18.1. The molecule has 134 valence electrons. The van der Waals surface area contributed by atoms with Crippen molar-refractivity contribution in [3.8, 4) is 0 Å². The Balaban J connectivity index is 1.85. The van der Waals surface area contributed by atoms with Crippen molar-refractivity contribution in [3.05, 3.63) is 96.1 Å². The summed E-state index contributed by atoms with van der Waals surface area (Å²) in [5.74, 6) is -0.332. The van der Waals surface area contributed by atoms with Gasteiger partial charge in [0.2, 0.25) is 5.91 Å². The molecule has 0 heterocycles. The van der Waals surface area contributed by atoms with Crippen LogP contribution in [0.15, 0.2) is 84.9 Å². The third-order valence-corrected chi connectivity index (χ3v) is 3.90. The lowest BCUT2D eigenvalue weighted by Gasteiger charge is -2.11. The molecule has 0 unspecified atom stereocenters. The molecule has 4 nitrogen and oxygen atoms in total. The Morgan fingerprint density at radius 3 is 1.78 bits per heavy atom. The summed E-state index contributed by atoms with van der Waals surface area (Å²) in [6.45, 7) is 1.45. The zero-order chi connectivity index (χ0) is 19.1. The molecule has 3 rings (SSSR count). The van der Waals surface area contributed by atoms with Gasteiger partial charge in [-0.2, -0.15) is 0 Å². The number of amides is 2. The van der Waals surface area contributed by atoms with Gasteiger partial charge < -0.3 is 10.6 Å². The molecule has 27 heavy (non-hydrogen) atoms. The Morgan fingerprint density at radius 2 is 1.22 bits per heavy atom. The summed E-state index contributed by atoms with van der Waals surface area (Å²) >= 11 is 0. The average molecular weight is 356 g/mol. The molecule has 0 saturated heterocycles. The second-order valence-electron chi connectivity index (χ2n) is 6.05. The van der Waals surface area contributed by atoms with E-state index in [0.29, 0.717) is 16.9 Å². The van der Waals surface area contributed by atoms with Gasteiger partial charge >= 0.3 is 0 Å². The van der Waals surface area contributed by atoms with Gasteiger partial charge in [-0.25, -0.2) is 0 Å². The highest BCUT2D eigenvalue weighted by atomic mass is 16.2. The summed E-state index contributed by atoms with van der Waals surface area (Å²) in [7, 11) is 0. The van der Waals surface area contributed by atoms with Gasteiger partial charge in [-0.05, 0) is 41.5 Å². The van der Waals surface area contributed by atoms with Crippen LogP contribution in [0.5, 0.6) is 0 Å². The van der Waals surface area contributed by atoms with Gasteiger partial charge in [0.1, 0.15) is 0 Å². The van der Waals surface area contributed by atoms with Crippen LogP contribution in [-0.2, 0) is 9.59 Å². The van der Waals surface area contributed by atoms with Crippen LogP contribution in [-0.4, -0.2) is 11.8 Å². The van der Waals surface area contributed by atoms with E-state index in [1.165, 1.54) is 6.92 Å². The standard InChI is InChI=1S/C23H20N2O2/c1-17(26)24-20-12-14-21(15-13-20)25-23(27)22(19-10-6-3-7-11-19)16-18-8-4-2-5-9-18/h2-16H,1H3,(H,24,26)(H,25,27)/b22-16-. The molecule has 0 spiro atoms. The highest BCUT2D eigenvalue weighted by molar-refractivity contribution is 6.29. The van der Waals surface area contributed by atoms with Crippen molar-refractivity contribution in [2.75, 3.05) is 10.6 Å². The Morgan fingerprint density at radius 1 is 0.704 bits per heavy atom. The Labute approximate surface area is 158 Å². The highest BCUT2D eigenvalue weighted by Gasteiger charge is 2.12. The molecule has 0 radical (unpaired) electrons. The maximum absolute atomic E-state index is 12.9. The molecule has 3 aromatic rings. The molecule has 0 bridgehead atoms. The van der Waals surface area contributed by atoms with E-state index in [4.69, 9.17) is 0 Å². The van der Waals surface area contributed by atoms with Crippen molar-refractivity contribution < 1.29 is 9.59 Å². The van der Waals surface area contributed by atoms with Crippen LogP contribution < -0.4 is 10.6 Å². The molecule has 0 fully saturated rings. The monoisotopic (exact) mass is 356 g/mol. The van der Waals surface area contributed by atoms with Gasteiger partial charge in [0, 0.05) is 23.9 Å². The molecule has 4 heteroatoms. The van der Waals surface area contributed by atoms with Gasteiger partial charge in [-0.15, -0.1) is 0 Å². The third-order valence-electron chi connectivity index (χ3n) is 3.90. The Bertz CT molecular complexity index is 947. The minimum Gasteiger partial charge on any atom is -0.326 e. The van der Waals surface area contributed by atoms with E-state index in [1.807, 2.05) is 66.7 Å². The number of benzene rings is 3.